The predicted octanol–water partition coefficient (Wildman–Crippen LogP) is 0.0349. The van der Waals surface area contributed by atoms with Crippen molar-refractivity contribution in [3.05, 3.63) is 11.6 Å². The lowest BCUT2D eigenvalue weighted by molar-refractivity contribution is -0.117. The van der Waals surface area contributed by atoms with Gasteiger partial charge in [-0.3, -0.25) is 4.68 Å². The number of carboxylic acids is 1. The Hall–Kier alpha value is -1.72. The molecule has 1 N–H and O–H groups in total. The summed E-state index contributed by atoms with van der Waals surface area (Å²) in [5.74, 6) is -0.830. The van der Waals surface area contributed by atoms with E-state index in [1.165, 1.54) is 11.6 Å². The lowest BCUT2D eigenvalue weighted by atomic mass is 10.2. The highest BCUT2D eigenvalue weighted by atomic mass is 16.4. The topological polar surface area (TPSA) is 85.1 Å². The molecule has 1 heterocycles. The number of hydrogen-bond acceptors (Lipinski definition) is 4. The van der Waals surface area contributed by atoms with Crippen molar-refractivity contribution in [2.24, 2.45) is 7.05 Å². The summed E-state index contributed by atoms with van der Waals surface area (Å²) in [6, 6.07) is 0. The van der Waals surface area contributed by atoms with Crippen LogP contribution in [0.15, 0.2) is 0 Å². The minimum absolute atomic E-state index is 0.0462. The minimum Gasteiger partial charge on any atom is -0.475 e. The molecule has 0 spiro atoms. The number of aromatic carboxylic acids is 1. The van der Waals surface area contributed by atoms with Crippen molar-refractivity contribution in [3.8, 4) is 0 Å². The van der Waals surface area contributed by atoms with Gasteiger partial charge >= 0.3 is 5.97 Å². The molecule has 0 fully saturated rings. The largest absolute Gasteiger partial charge is 0.475 e. The summed E-state index contributed by atoms with van der Waals surface area (Å²) in [5.41, 5.74) is 0. The molecule has 0 saturated carbocycles. The third kappa shape index (κ3) is 2.38. The zero-order valence-electron chi connectivity index (χ0n) is 8.02. The van der Waals surface area contributed by atoms with Crippen molar-refractivity contribution < 1.29 is 14.7 Å². The van der Waals surface area contributed by atoms with Gasteiger partial charge in [0.25, 0.3) is 5.82 Å². The van der Waals surface area contributed by atoms with Crippen molar-refractivity contribution >= 4 is 11.8 Å². The molecule has 1 rings (SSSR count). The van der Waals surface area contributed by atoms with Crippen molar-refractivity contribution in [2.75, 3.05) is 0 Å². The first-order valence-electron chi connectivity index (χ1n) is 4.13. The predicted molar refractivity (Wildman–Crippen MR) is 47.0 cm³/mol. The molecular weight excluding hydrogens is 186 g/mol. The van der Waals surface area contributed by atoms with Gasteiger partial charge in [-0.05, 0) is 6.92 Å². The number of rotatable bonds is 4. The van der Waals surface area contributed by atoms with E-state index in [9.17, 15) is 9.59 Å². The third-order valence-electron chi connectivity index (χ3n) is 1.75. The smallest absolute Gasteiger partial charge is 0.375 e. The lowest BCUT2D eigenvalue weighted by Gasteiger charge is -1.95. The minimum atomic E-state index is -1.16. The van der Waals surface area contributed by atoms with E-state index in [-0.39, 0.29) is 11.6 Å². The quantitative estimate of drug-likeness (QED) is 0.736. The Kier molecular flexibility index (Phi) is 2.95. The van der Waals surface area contributed by atoms with Gasteiger partial charge in [-0.2, -0.15) is 0 Å². The van der Waals surface area contributed by atoms with Crippen LogP contribution in [0, 0.1) is 0 Å². The first-order valence-corrected chi connectivity index (χ1v) is 4.13. The summed E-state index contributed by atoms with van der Waals surface area (Å²) < 4.78 is 1.38. The third-order valence-corrected chi connectivity index (χ3v) is 1.75. The molecule has 0 aliphatic heterocycles. The van der Waals surface area contributed by atoms with Crippen molar-refractivity contribution in [3.63, 3.8) is 0 Å². The van der Waals surface area contributed by atoms with Gasteiger partial charge in [-0.1, -0.05) is 0 Å². The fourth-order valence-corrected chi connectivity index (χ4v) is 1.01. The summed E-state index contributed by atoms with van der Waals surface area (Å²) in [4.78, 5) is 25.0. The fraction of sp³-hybridized carbons (Fsp3) is 0.500. The number of hydrogen-bond donors (Lipinski definition) is 1. The molecule has 0 amide bonds. The van der Waals surface area contributed by atoms with Crippen molar-refractivity contribution in [1.82, 2.24) is 14.8 Å². The first-order chi connectivity index (χ1) is 6.50. The Morgan fingerprint density at radius 2 is 2.14 bits per heavy atom. The Morgan fingerprint density at radius 3 is 2.57 bits per heavy atom. The van der Waals surface area contributed by atoms with Gasteiger partial charge in [0, 0.05) is 19.9 Å². The maximum atomic E-state index is 10.7. The summed E-state index contributed by atoms with van der Waals surface area (Å²) in [5, 5.41) is 12.3. The van der Waals surface area contributed by atoms with Gasteiger partial charge in [0.1, 0.15) is 11.6 Å². The highest BCUT2D eigenvalue weighted by Gasteiger charge is 2.13. The van der Waals surface area contributed by atoms with Crippen LogP contribution in [0.4, 0.5) is 0 Å². The van der Waals surface area contributed by atoms with Gasteiger partial charge < -0.3 is 9.90 Å². The molecule has 76 valence electrons. The number of carbonyl (C=O) groups is 2. The maximum Gasteiger partial charge on any atom is 0.375 e. The molecule has 0 aliphatic carbocycles. The molecule has 0 unspecified atom stereocenters. The second kappa shape index (κ2) is 3.99. The molecule has 0 atom stereocenters. The highest BCUT2D eigenvalue weighted by molar-refractivity contribution is 5.82. The Morgan fingerprint density at radius 1 is 1.50 bits per heavy atom. The van der Waals surface area contributed by atoms with Crippen LogP contribution >= 0.6 is 0 Å². The van der Waals surface area contributed by atoms with E-state index in [1.807, 2.05) is 0 Å². The number of aryl methyl sites for hydroxylation is 2. The van der Waals surface area contributed by atoms with Gasteiger partial charge in [0.15, 0.2) is 0 Å². The van der Waals surface area contributed by atoms with Crippen LogP contribution in [0.5, 0.6) is 0 Å². The van der Waals surface area contributed by atoms with E-state index in [0.29, 0.717) is 18.7 Å². The van der Waals surface area contributed by atoms with Crippen LogP contribution in [0.3, 0.4) is 0 Å². The first kappa shape index (κ1) is 10.4. The second-order valence-corrected chi connectivity index (χ2v) is 2.98. The summed E-state index contributed by atoms with van der Waals surface area (Å²) >= 11 is 0. The Balaban J connectivity index is 2.77. The van der Waals surface area contributed by atoms with Crippen LogP contribution in [0.1, 0.15) is 29.8 Å². The normalized spacial score (nSPS) is 10.1. The monoisotopic (exact) mass is 197 g/mol. The van der Waals surface area contributed by atoms with E-state index in [0.717, 1.165) is 0 Å². The molecule has 0 bridgehead atoms. The second-order valence-electron chi connectivity index (χ2n) is 2.98. The Labute approximate surface area is 80.6 Å². The summed E-state index contributed by atoms with van der Waals surface area (Å²) in [6.07, 6.45) is 0.776. The molecule has 0 aromatic carbocycles. The molecule has 0 aliphatic rings. The molecular formula is C8H11N3O3. The molecule has 0 saturated heterocycles. The average molecular weight is 197 g/mol. The standard InChI is InChI=1S/C8H11N3O3/c1-5(12)3-4-6-9-7(8(13)14)10-11(6)2/h3-4H2,1-2H3,(H,13,14). The van der Waals surface area contributed by atoms with Crippen LogP contribution in [0.25, 0.3) is 0 Å². The summed E-state index contributed by atoms with van der Waals surface area (Å²) in [6.45, 7) is 1.48. The van der Waals surface area contributed by atoms with E-state index in [1.54, 1.807) is 7.05 Å². The number of ketones is 1. The zero-order chi connectivity index (χ0) is 10.7. The molecule has 14 heavy (non-hydrogen) atoms. The lowest BCUT2D eigenvalue weighted by Crippen LogP contribution is -2.02. The van der Waals surface area contributed by atoms with Gasteiger partial charge in [0.05, 0.1) is 0 Å². The highest BCUT2D eigenvalue weighted by Crippen LogP contribution is 2.00. The average Bonchev–Trinajstić information content (AvgIpc) is 2.43. The number of aromatic nitrogens is 3. The summed E-state index contributed by atoms with van der Waals surface area (Å²) in [7, 11) is 1.61. The molecule has 0 radical (unpaired) electrons. The molecule has 1 aromatic rings. The molecule has 1 aromatic heterocycles. The van der Waals surface area contributed by atoms with Crippen LogP contribution in [0.2, 0.25) is 0 Å². The maximum absolute atomic E-state index is 10.7. The number of nitrogens with zero attached hydrogens (tertiary/aromatic N) is 3. The van der Waals surface area contributed by atoms with Crippen LogP contribution < -0.4 is 0 Å². The number of Topliss-reactive ketones (excluding diaryl/α,β-unsaturated/α-hetero) is 1. The van der Waals surface area contributed by atoms with Crippen LogP contribution in [-0.2, 0) is 18.3 Å². The fourth-order valence-electron chi connectivity index (χ4n) is 1.01. The van der Waals surface area contributed by atoms with Gasteiger partial charge in [0.2, 0.25) is 0 Å². The van der Waals surface area contributed by atoms with Crippen molar-refractivity contribution in [1.29, 1.82) is 0 Å². The van der Waals surface area contributed by atoms with Crippen LogP contribution in [-0.4, -0.2) is 31.6 Å². The van der Waals surface area contributed by atoms with E-state index >= 15 is 0 Å². The number of carboxylic acid groups (broad SMARTS) is 1. The van der Waals surface area contributed by atoms with Gasteiger partial charge in [-0.15, -0.1) is 5.10 Å². The number of carbonyl (C=O) groups excluding carboxylic acids is 1. The molecule has 6 nitrogen and oxygen atoms in total. The molecule has 6 heteroatoms. The Bertz CT molecular complexity index is 370. The zero-order valence-corrected chi connectivity index (χ0v) is 8.02. The van der Waals surface area contributed by atoms with E-state index in [4.69, 9.17) is 5.11 Å². The van der Waals surface area contributed by atoms with Crippen molar-refractivity contribution in [2.45, 2.75) is 19.8 Å². The van der Waals surface area contributed by atoms with Gasteiger partial charge in [-0.25, -0.2) is 9.78 Å². The van der Waals surface area contributed by atoms with E-state index in [2.05, 4.69) is 10.1 Å². The van der Waals surface area contributed by atoms with E-state index < -0.39 is 5.97 Å². The SMILES string of the molecule is CC(=O)CCc1nc(C(=O)O)nn1C.